The average Bonchev–Trinajstić information content (AvgIpc) is 3.13. The molecule has 0 saturated carbocycles. The lowest BCUT2D eigenvalue weighted by Crippen LogP contribution is -2.43. The number of aromatic nitrogens is 1. The number of fused-ring (bicyclic) bond motifs is 1. The van der Waals surface area contributed by atoms with Gasteiger partial charge in [0.15, 0.2) is 5.13 Å². The van der Waals surface area contributed by atoms with E-state index in [0.717, 1.165) is 48.2 Å². The highest BCUT2D eigenvalue weighted by molar-refractivity contribution is 7.22. The second-order valence-corrected chi connectivity index (χ2v) is 7.25. The molecule has 1 saturated heterocycles. The summed E-state index contributed by atoms with van der Waals surface area (Å²) >= 11 is 1.57. The van der Waals surface area contributed by atoms with Crippen molar-refractivity contribution in [2.75, 3.05) is 44.3 Å². The molecule has 2 heterocycles. The van der Waals surface area contributed by atoms with Gasteiger partial charge in [-0.15, -0.1) is 0 Å². The number of hydrogen-bond acceptors (Lipinski definition) is 5. The van der Waals surface area contributed by atoms with E-state index >= 15 is 0 Å². The number of carbonyl (C=O) groups excluding carboxylic acids is 1. The lowest BCUT2D eigenvalue weighted by atomic mass is 10.2. The Hall–Kier alpha value is -2.28. The molecule has 0 radical (unpaired) electrons. The summed E-state index contributed by atoms with van der Waals surface area (Å²) in [4.78, 5) is 22.0. The molecule has 0 spiro atoms. The summed E-state index contributed by atoms with van der Waals surface area (Å²) in [5, 5.41) is 0.758. The fourth-order valence-electron chi connectivity index (χ4n) is 3.06. The van der Waals surface area contributed by atoms with Gasteiger partial charge in [0.25, 0.3) is 5.91 Å². The molecule has 134 valence electrons. The standard InChI is InChI=1S/C20H21N3O2S/c24-19(16-6-2-1-3-7-16)23(11-10-22-12-14-25-15-13-22)20-21-17-8-4-5-9-18(17)26-20/h1-9H,10-15H2. The zero-order valence-electron chi connectivity index (χ0n) is 14.5. The number of para-hydroxylation sites is 1. The molecular weight excluding hydrogens is 346 g/mol. The third-order valence-electron chi connectivity index (χ3n) is 4.52. The third-order valence-corrected chi connectivity index (χ3v) is 5.58. The third kappa shape index (κ3) is 3.77. The van der Waals surface area contributed by atoms with Crippen LogP contribution in [-0.2, 0) is 4.74 Å². The number of carbonyl (C=O) groups is 1. The van der Waals surface area contributed by atoms with Gasteiger partial charge in [-0.25, -0.2) is 4.98 Å². The number of amides is 1. The van der Waals surface area contributed by atoms with Crippen molar-refractivity contribution in [3.63, 3.8) is 0 Å². The number of morpholine rings is 1. The lowest BCUT2D eigenvalue weighted by molar-refractivity contribution is 0.0391. The first-order chi connectivity index (χ1) is 12.8. The van der Waals surface area contributed by atoms with Gasteiger partial charge < -0.3 is 4.74 Å². The van der Waals surface area contributed by atoms with Crippen LogP contribution >= 0.6 is 11.3 Å². The molecule has 1 aliphatic rings. The highest BCUT2D eigenvalue weighted by Gasteiger charge is 2.22. The first-order valence-electron chi connectivity index (χ1n) is 8.84. The van der Waals surface area contributed by atoms with Crippen molar-refractivity contribution in [2.45, 2.75) is 0 Å². The summed E-state index contributed by atoms with van der Waals surface area (Å²) in [6.07, 6.45) is 0. The van der Waals surface area contributed by atoms with Crippen LogP contribution in [0.3, 0.4) is 0 Å². The first-order valence-corrected chi connectivity index (χ1v) is 9.65. The van der Waals surface area contributed by atoms with Crippen LogP contribution in [-0.4, -0.2) is 55.2 Å². The SMILES string of the molecule is O=C(c1ccccc1)N(CCN1CCOCC1)c1nc2ccccc2s1. The van der Waals surface area contributed by atoms with Crippen LogP contribution in [0.25, 0.3) is 10.2 Å². The Kier molecular flexibility index (Phi) is 5.24. The molecule has 1 amide bonds. The van der Waals surface area contributed by atoms with E-state index in [0.29, 0.717) is 12.1 Å². The quantitative estimate of drug-likeness (QED) is 0.694. The Morgan fingerprint density at radius 1 is 1.08 bits per heavy atom. The summed E-state index contributed by atoms with van der Waals surface area (Å²) < 4.78 is 6.51. The zero-order chi connectivity index (χ0) is 17.8. The van der Waals surface area contributed by atoms with E-state index in [4.69, 9.17) is 9.72 Å². The van der Waals surface area contributed by atoms with Gasteiger partial charge in [-0.1, -0.05) is 41.7 Å². The van der Waals surface area contributed by atoms with Gasteiger partial charge in [0.2, 0.25) is 0 Å². The van der Waals surface area contributed by atoms with Crippen molar-refractivity contribution >= 4 is 32.6 Å². The molecule has 0 atom stereocenters. The minimum Gasteiger partial charge on any atom is -0.379 e. The predicted octanol–water partition coefficient (Wildman–Crippen LogP) is 3.28. The molecule has 1 fully saturated rings. The van der Waals surface area contributed by atoms with Crippen LogP contribution in [0.15, 0.2) is 54.6 Å². The van der Waals surface area contributed by atoms with Crippen LogP contribution < -0.4 is 4.90 Å². The number of thiazole rings is 1. The van der Waals surface area contributed by atoms with Crippen LogP contribution in [0.1, 0.15) is 10.4 Å². The maximum Gasteiger partial charge on any atom is 0.260 e. The van der Waals surface area contributed by atoms with Crippen LogP contribution in [0.5, 0.6) is 0 Å². The smallest absolute Gasteiger partial charge is 0.260 e. The minimum absolute atomic E-state index is 0.00193. The van der Waals surface area contributed by atoms with E-state index in [1.807, 2.05) is 59.5 Å². The number of benzene rings is 2. The van der Waals surface area contributed by atoms with E-state index in [2.05, 4.69) is 4.90 Å². The maximum atomic E-state index is 13.1. The molecule has 3 aromatic rings. The maximum absolute atomic E-state index is 13.1. The predicted molar refractivity (Wildman–Crippen MR) is 105 cm³/mol. The Morgan fingerprint density at radius 3 is 2.58 bits per heavy atom. The molecule has 6 heteroatoms. The van der Waals surface area contributed by atoms with Crippen LogP contribution in [0.4, 0.5) is 5.13 Å². The van der Waals surface area contributed by atoms with E-state index < -0.39 is 0 Å². The zero-order valence-corrected chi connectivity index (χ0v) is 15.3. The highest BCUT2D eigenvalue weighted by Crippen LogP contribution is 2.29. The van der Waals surface area contributed by atoms with Gasteiger partial charge >= 0.3 is 0 Å². The number of anilines is 1. The molecule has 2 aromatic carbocycles. The minimum atomic E-state index is -0.00193. The number of hydrogen-bond donors (Lipinski definition) is 0. The fourth-order valence-corrected chi connectivity index (χ4v) is 4.05. The van der Waals surface area contributed by atoms with Crippen molar-refractivity contribution in [2.24, 2.45) is 0 Å². The van der Waals surface area contributed by atoms with Crippen LogP contribution in [0.2, 0.25) is 0 Å². The Morgan fingerprint density at radius 2 is 1.81 bits per heavy atom. The summed E-state index contributed by atoms with van der Waals surface area (Å²) in [5.41, 5.74) is 1.62. The van der Waals surface area contributed by atoms with Crippen molar-refractivity contribution in [1.82, 2.24) is 9.88 Å². The second kappa shape index (κ2) is 7.95. The Bertz CT molecular complexity index is 842. The summed E-state index contributed by atoms with van der Waals surface area (Å²) in [7, 11) is 0. The van der Waals surface area contributed by atoms with Crippen molar-refractivity contribution in [3.8, 4) is 0 Å². The second-order valence-electron chi connectivity index (χ2n) is 6.24. The Labute approximate surface area is 156 Å². The first kappa shape index (κ1) is 17.1. The van der Waals surface area contributed by atoms with E-state index in [1.54, 1.807) is 11.3 Å². The molecule has 0 unspecified atom stereocenters. The number of ether oxygens (including phenoxy) is 1. The molecule has 0 aliphatic carbocycles. The van der Waals surface area contributed by atoms with E-state index in [-0.39, 0.29) is 5.91 Å². The molecule has 26 heavy (non-hydrogen) atoms. The molecular formula is C20H21N3O2S. The average molecular weight is 367 g/mol. The number of rotatable bonds is 5. The molecule has 4 rings (SSSR count). The molecule has 0 N–H and O–H groups in total. The topological polar surface area (TPSA) is 45.7 Å². The van der Waals surface area contributed by atoms with Crippen molar-refractivity contribution in [3.05, 3.63) is 60.2 Å². The molecule has 1 aliphatic heterocycles. The summed E-state index contributed by atoms with van der Waals surface area (Å²) in [6, 6.07) is 17.4. The van der Waals surface area contributed by atoms with Gasteiger partial charge in [0, 0.05) is 31.7 Å². The van der Waals surface area contributed by atoms with Gasteiger partial charge in [-0.3, -0.25) is 14.6 Å². The van der Waals surface area contributed by atoms with E-state index in [1.165, 1.54) is 0 Å². The van der Waals surface area contributed by atoms with Gasteiger partial charge in [0.05, 0.1) is 23.4 Å². The highest BCUT2D eigenvalue weighted by atomic mass is 32.1. The van der Waals surface area contributed by atoms with Crippen molar-refractivity contribution < 1.29 is 9.53 Å². The Balaban J connectivity index is 1.60. The molecule has 1 aromatic heterocycles. The van der Waals surface area contributed by atoms with Crippen molar-refractivity contribution in [1.29, 1.82) is 0 Å². The largest absolute Gasteiger partial charge is 0.379 e. The van der Waals surface area contributed by atoms with Gasteiger partial charge in [0.1, 0.15) is 0 Å². The molecule has 0 bridgehead atoms. The van der Waals surface area contributed by atoms with E-state index in [9.17, 15) is 4.79 Å². The monoisotopic (exact) mass is 367 g/mol. The summed E-state index contributed by atoms with van der Waals surface area (Å²) in [6.45, 7) is 4.77. The van der Waals surface area contributed by atoms with Gasteiger partial charge in [-0.2, -0.15) is 0 Å². The normalized spacial score (nSPS) is 15.2. The van der Waals surface area contributed by atoms with Gasteiger partial charge in [-0.05, 0) is 24.3 Å². The number of nitrogens with zero attached hydrogens (tertiary/aromatic N) is 3. The van der Waals surface area contributed by atoms with Crippen LogP contribution in [0, 0.1) is 0 Å². The molecule has 5 nitrogen and oxygen atoms in total. The lowest BCUT2D eigenvalue weighted by Gasteiger charge is -2.29. The summed E-state index contributed by atoms with van der Waals surface area (Å²) in [5.74, 6) is -0.00193. The fraction of sp³-hybridized carbons (Fsp3) is 0.300.